The second-order valence-electron chi connectivity index (χ2n) is 4.74. The van der Waals surface area contributed by atoms with Crippen LogP contribution in [0.15, 0.2) is 42.5 Å². The predicted molar refractivity (Wildman–Crippen MR) is 84.0 cm³/mol. The van der Waals surface area contributed by atoms with E-state index in [9.17, 15) is 23.6 Å². The Bertz CT molecular complexity index is 821. The molecule has 0 fully saturated rings. The highest BCUT2D eigenvalue weighted by Gasteiger charge is 2.20. The SMILES string of the molecule is CS(=O)(=O)Nc1cc(O)c([N+](=O)[O-])cc1OCc1ccccc1. The largest absolute Gasteiger partial charge is 0.502 e. The van der Waals surface area contributed by atoms with E-state index in [0.717, 1.165) is 24.0 Å². The van der Waals surface area contributed by atoms with Gasteiger partial charge in [0.25, 0.3) is 0 Å². The molecule has 2 N–H and O–H groups in total. The van der Waals surface area contributed by atoms with E-state index >= 15 is 0 Å². The van der Waals surface area contributed by atoms with Gasteiger partial charge in [0, 0.05) is 6.07 Å². The molecule has 0 aliphatic carbocycles. The van der Waals surface area contributed by atoms with Gasteiger partial charge in [-0.05, 0) is 5.56 Å². The highest BCUT2D eigenvalue weighted by molar-refractivity contribution is 7.92. The Morgan fingerprint density at radius 1 is 1.26 bits per heavy atom. The van der Waals surface area contributed by atoms with Crippen LogP contribution in [0.1, 0.15) is 5.56 Å². The molecule has 2 aromatic rings. The van der Waals surface area contributed by atoms with Crippen molar-refractivity contribution in [2.75, 3.05) is 11.0 Å². The summed E-state index contributed by atoms with van der Waals surface area (Å²) in [7, 11) is -3.64. The van der Waals surface area contributed by atoms with Crippen LogP contribution < -0.4 is 9.46 Å². The fraction of sp³-hybridized carbons (Fsp3) is 0.143. The van der Waals surface area contributed by atoms with Crippen molar-refractivity contribution >= 4 is 21.4 Å². The Morgan fingerprint density at radius 3 is 2.48 bits per heavy atom. The van der Waals surface area contributed by atoms with Gasteiger partial charge in [-0.1, -0.05) is 30.3 Å². The maximum Gasteiger partial charge on any atom is 0.314 e. The second kappa shape index (κ2) is 6.53. The number of phenolic OH excluding ortho intramolecular Hbond substituents is 1. The van der Waals surface area contributed by atoms with Gasteiger partial charge in [0.2, 0.25) is 10.0 Å². The third-order valence-electron chi connectivity index (χ3n) is 2.81. The first-order valence-electron chi connectivity index (χ1n) is 6.42. The number of nitrogens with zero attached hydrogens (tertiary/aromatic N) is 1. The monoisotopic (exact) mass is 338 g/mol. The smallest absolute Gasteiger partial charge is 0.314 e. The molecule has 0 saturated carbocycles. The fourth-order valence-corrected chi connectivity index (χ4v) is 2.40. The van der Waals surface area contributed by atoms with Crippen molar-refractivity contribution in [2.45, 2.75) is 6.61 Å². The number of aromatic hydroxyl groups is 1. The van der Waals surface area contributed by atoms with Crippen LogP contribution in [0.2, 0.25) is 0 Å². The van der Waals surface area contributed by atoms with Crippen LogP contribution in [0.5, 0.6) is 11.5 Å². The fourth-order valence-electron chi connectivity index (χ4n) is 1.84. The number of rotatable bonds is 6. The first kappa shape index (κ1) is 16.6. The minimum Gasteiger partial charge on any atom is -0.502 e. The van der Waals surface area contributed by atoms with Crippen LogP contribution in [0.3, 0.4) is 0 Å². The molecule has 0 aliphatic heterocycles. The summed E-state index contributed by atoms with van der Waals surface area (Å²) in [5.41, 5.74) is 0.146. The van der Waals surface area contributed by atoms with Crippen molar-refractivity contribution in [1.82, 2.24) is 0 Å². The first-order valence-corrected chi connectivity index (χ1v) is 8.31. The van der Waals surface area contributed by atoms with Crippen molar-refractivity contribution < 1.29 is 23.2 Å². The Morgan fingerprint density at radius 2 is 1.91 bits per heavy atom. The molecule has 0 atom stereocenters. The molecule has 23 heavy (non-hydrogen) atoms. The van der Waals surface area contributed by atoms with E-state index in [1.165, 1.54) is 0 Å². The average molecular weight is 338 g/mol. The average Bonchev–Trinajstić information content (AvgIpc) is 2.45. The number of hydrogen-bond acceptors (Lipinski definition) is 6. The number of nitro benzene ring substituents is 1. The van der Waals surface area contributed by atoms with Crippen molar-refractivity contribution in [3.05, 3.63) is 58.1 Å². The highest BCUT2D eigenvalue weighted by Crippen LogP contribution is 2.37. The van der Waals surface area contributed by atoms with Gasteiger partial charge in [0.05, 0.1) is 22.9 Å². The first-order chi connectivity index (χ1) is 10.8. The molecule has 8 nitrogen and oxygen atoms in total. The number of sulfonamides is 1. The summed E-state index contributed by atoms with van der Waals surface area (Å²) in [4.78, 5) is 10.1. The lowest BCUT2D eigenvalue weighted by Crippen LogP contribution is -2.11. The summed E-state index contributed by atoms with van der Waals surface area (Å²) >= 11 is 0. The minimum atomic E-state index is -3.64. The third-order valence-corrected chi connectivity index (χ3v) is 3.40. The third kappa shape index (κ3) is 4.58. The van der Waals surface area contributed by atoms with E-state index in [2.05, 4.69) is 4.72 Å². The molecule has 0 bridgehead atoms. The van der Waals surface area contributed by atoms with Gasteiger partial charge in [0.1, 0.15) is 6.61 Å². The summed E-state index contributed by atoms with van der Waals surface area (Å²) in [6.07, 6.45) is 0.923. The molecular formula is C14H14N2O6S. The molecule has 0 heterocycles. The van der Waals surface area contributed by atoms with E-state index in [1.54, 1.807) is 24.3 Å². The molecule has 122 valence electrons. The van der Waals surface area contributed by atoms with Gasteiger partial charge in [-0.3, -0.25) is 14.8 Å². The number of nitro groups is 1. The zero-order valence-corrected chi connectivity index (χ0v) is 12.9. The summed E-state index contributed by atoms with van der Waals surface area (Å²) in [6, 6.07) is 10.9. The number of anilines is 1. The van der Waals surface area contributed by atoms with E-state index in [4.69, 9.17) is 4.74 Å². The molecule has 2 rings (SSSR count). The zero-order valence-electron chi connectivity index (χ0n) is 12.1. The molecule has 0 radical (unpaired) electrons. The number of benzene rings is 2. The number of hydrogen-bond donors (Lipinski definition) is 2. The standard InChI is InChI=1S/C14H14N2O6S/c1-23(20,21)15-11-7-13(17)12(16(18)19)8-14(11)22-9-10-5-3-2-4-6-10/h2-8,15,17H,9H2,1H3. The van der Waals surface area contributed by atoms with E-state index in [1.807, 2.05) is 6.07 Å². The zero-order chi connectivity index (χ0) is 17.0. The number of nitrogens with one attached hydrogen (secondary N) is 1. The summed E-state index contributed by atoms with van der Waals surface area (Å²) in [5, 5.41) is 20.5. The lowest BCUT2D eigenvalue weighted by molar-refractivity contribution is -0.385. The number of phenols is 1. The molecule has 0 aromatic heterocycles. The summed E-state index contributed by atoms with van der Waals surface area (Å²) in [6.45, 7) is 0.0845. The molecular weight excluding hydrogens is 324 g/mol. The lowest BCUT2D eigenvalue weighted by atomic mass is 10.2. The molecule has 0 spiro atoms. The molecule has 9 heteroatoms. The van der Waals surface area contributed by atoms with Crippen LogP contribution in [-0.4, -0.2) is 24.7 Å². The minimum absolute atomic E-state index is 0.0521. The van der Waals surface area contributed by atoms with Gasteiger partial charge in [-0.15, -0.1) is 0 Å². The second-order valence-corrected chi connectivity index (χ2v) is 6.49. The molecule has 2 aromatic carbocycles. The topological polar surface area (TPSA) is 119 Å². The van der Waals surface area contributed by atoms with Crippen molar-refractivity contribution in [3.63, 3.8) is 0 Å². The maximum absolute atomic E-state index is 11.4. The van der Waals surface area contributed by atoms with Gasteiger partial charge in [-0.25, -0.2) is 8.42 Å². The highest BCUT2D eigenvalue weighted by atomic mass is 32.2. The quantitative estimate of drug-likeness (QED) is 0.616. The molecule has 0 aliphatic rings. The Hall–Kier alpha value is -2.81. The summed E-state index contributed by atoms with van der Waals surface area (Å²) < 4.78 is 30.4. The maximum atomic E-state index is 11.4. The number of ether oxygens (including phenoxy) is 1. The van der Waals surface area contributed by atoms with Crippen LogP contribution in [0.25, 0.3) is 0 Å². The Balaban J connectivity index is 2.37. The Labute approximate surface area is 132 Å². The molecule has 0 unspecified atom stereocenters. The van der Waals surface area contributed by atoms with Gasteiger partial charge in [-0.2, -0.15) is 0 Å². The van der Waals surface area contributed by atoms with Crippen molar-refractivity contribution in [2.24, 2.45) is 0 Å². The predicted octanol–water partition coefficient (Wildman–Crippen LogP) is 2.25. The van der Waals surface area contributed by atoms with E-state index in [0.29, 0.717) is 0 Å². The van der Waals surface area contributed by atoms with Crippen molar-refractivity contribution in [3.8, 4) is 11.5 Å². The van der Waals surface area contributed by atoms with E-state index in [-0.39, 0.29) is 18.0 Å². The van der Waals surface area contributed by atoms with E-state index < -0.39 is 26.4 Å². The van der Waals surface area contributed by atoms with Crippen LogP contribution in [0.4, 0.5) is 11.4 Å². The molecule has 0 saturated heterocycles. The van der Waals surface area contributed by atoms with Gasteiger partial charge in [0.15, 0.2) is 11.5 Å². The normalized spacial score (nSPS) is 11.0. The van der Waals surface area contributed by atoms with Crippen molar-refractivity contribution in [1.29, 1.82) is 0 Å². The van der Waals surface area contributed by atoms with Gasteiger partial charge >= 0.3 is 5.69 Å². The van der Waals surface area contributed by atoms with Crippen LogP contribution >= 0.6 is 0 Å². The molecule has 0 amide bonds. The van der Waals surface area contributed by atoms with Gasteiger partial charge < -0.3 is 9.84 Å². The lowest BCUT2D eigenvalue weighted by Gasteiger charge is -2.13. The summed E-state index contributed by atoms with van der Waals surface area (Å²) in [5.74, 6) is -0.711. The van der Waals surface area contributed by atoms with Crippen LogP contribution in [-0.2, 0) is 16.6 Å². The van der Waals surface area contributed by atoms with Crippen LogP contribution in [0, 0.1) is 10.1 Å². The Kier molecular flexibility index (Phi) is 4.70.